The predicted molar refractivity (Wildman–Crippen MR) is 160 cm³/mol. The zero-order chi connectivity index (χ0) is 28.8. The quantitative estimate of drug-likeness (QED) is 0.326. The third kappa shape index (κ3) is 6.89. The van der Waals surface area contributed by atoms with Crippen molar-refractivity contribution in [3.63, 3.8) is 0 Å². The first-order valence-electron chi connectivity index (χ1n) is 12.8. The number of pyridine rings is 1. The first-order valence-corrected chi connectivity index (χ1v) is 14.4. The molecule has 1 N–H and O–H groups in total. The number of morpholine rings is 1. The van der Waals surface area contributed by atoms with Gasteiger partial charge in [-0.2, -0.15) is 0 Å². The van der Waals surface area contributed by atoms with Crippen molar-refractivity contribution < 1.29 is 28.6 Å². The van der Waals surface area contributed by atoms with Crippen LogP contribution in [0.2, 0.25) is 0 Å². The lowest BCUT2D eigenvalue weighted by Gasteiger charge is -2.30. The van der Waals surface area contributed by atoms with Gasteiger partial charge in [0.2, 0.25) is 5.91 Å². The van der Waals surface area contributed by atoms with E-state index in [1.807, 2.05) is 36.4 Å². The highest BCUT2D eigenvalue weighted by atomic mass is 79.9. The summed E-state index contributed by atoms with van der Waals surface area (Å²) < 4.78 is 17.5. The van der Waals surface area contributed by atoms with E-state index in [1.54, 1.807) is 30.5 Å². The van der Waals surface area contributed by atoms with Crippen molar-refractivity contribution in [2.45, 2.75) is 6.61 Å². The molecule has 212 valence electrons. The van der Waals surface area contributed by atoms with Crippen LogP contribution in [-0.2, 0) is 20.9 Å². The molecule has 0 spiro atoms. The summed E-state index contributed by atoms with van der Waals surface area (Å²) in [7, 11) is 1.52. The number of nitrogens with one attached hydrogen (secondary N) is 1. The van der Waals surface area contributed by atoms with Gasteiger partial charge >= 0.3 is 0 Å². The monoisotopic (exact) mass is 638 g/mol. The normalized spacial score (nSPS) is 16.3. The van der Waals surface area contributed by atoms with Crippen molar-refractivity contribution >= 4 is 62.2 Å². The molecule has 3 amide bonds. The lowest BCUT2D eigenvalue weighted by molar-refractivity contribution is -0.127. The van der Waals surface area contributed by atoms with Gasteiger partial charge in [0, 0.05) is 19.3 Å². The maximum Gasteiger partial charge on any atom is 0.294 e. The largest absolute Gasteiger partial charge is 0.493 e. The molecule has 2 fully saturated rings. The van der Waals surface area contributed by atoms with Gasteiger partial charge in [0.15, 0.2) is 11.5 Å². The Morgan fingerprint density at radius 3 is 2.68 bits per heavy atom. The lowest BCUT2D eigenvalue weighted by atomic mass is 10.2. The smallest absolute Gasteiger partial charge is 0.294 e. The lowest BCUT2D eigenvalue weighted by Crippen LogP contribution is -2.38. The highest BCUT2D eigenvalue weighted by Crippen LogP contribution is 2.39. The standard InChI is InChI=1S/C29H27BrN4O6S/c1-38-24-15-19(14-21(30)27(24)40-18-20-6-4-5-9-31-20)16-25-28(36)34(29(37)41-25)17-26(35)32-22-7-2-3-8-23(22)33-10-12-39-13-11-33/h2-9,14-16H,10-13,17-18H2,1H3,(H,32,35)/b25-16+. The Bertz CT molecular complexity index is 1480. The van der Waals surface area contributed by atoms with Crippen molar-refractivity contribution in [1.29, 1.82) is 0 Å². The van der Waals surface area contributed by atoms with Gasteiger partial charge in [0.05, 0.1) is 46.8 Å². The summed E-state index contributed by atoms with van der Waals surface area (Å²) in [6.07, 6.45) is 3.28. The minimum absolute atomic E-state index is 0.202. The number of aromatic nitrogens is 1. The fourth-order valence-corrected chi connectivity index (χ4v) is 5.79. The van der Waals surface area contributed by atoms with Crippen LogP contribution >= 0.6 is 27.7 Å². The average molecular weight is 640 g/mol. The van der Waals surface area contributed by atoms with E-state index < -0.39 is 23.6 Å². The molecule has 2 aliphatic heterocycles. The molecule has 0 atom stereocenters. The summed E-state index contributed by atoms with van der Waals surface area (Å²) in [5, 5.41) is 2.34. The number of amides is 3. The zero-order valence-electron chi connectivity index (χ0n) is 22.2. The van der Waals surface area contributed by atoms with Crippen molar-refractivity contribution in [1.82, 2.24) is 9.88 Å². The number of benzene rings is 2. The average Bonchev–Trinajstić information content (AvgIpc) is 3.24. The molecule has 0 bridgehead atoms. The van der Waals surface area contributed by atoms with Crippen LogP contribution in [-0.4, -0.2) is 66.9 Å². The fourth-order valence-electron chi connectivity index (χ4n) is 4.37. The second kappa shape index (κ2) is 13.2. The number of carbonyl (C=O) groups excluding carboxylic acids is 3. The molecule has 3 aromatic rings. The van der Waals surface area contributed by atoms with Crippen LogP contribution in [0.1, 0.15) is 11.3 Å². The van der Waals surface area contributed by atoms with E-state index >= 15 is 0 Å². The molecule has 10 nitrogen and oxygen atoms in total. The molecule has 2 aliphatic rings. The van der Waals surface area contributed by atoms with Gasteiger partial charge in [-0.05, 0) is 75.7 Å². The van der Waals surface area contributed by atoms with Crippen molar-refractivity contribution in [3.8, 4) is 11.5 Å². The summed E-state index contributed by atoms with van der Waals surface area (Å²) in [6.45, 7) is 2.47. The predicted octanol–water partition coefficient (Wildman–Crippen LogP) is 4.94. The van der Waals surface area contributed by atoms with Crippen LogP contribution in [0.4, 0.5) is 16.2 Å². The number of imide groups is 1. The number of hydrogen-bond acceptors (Lipinski definition) is 9. The molecule has 1 aromatic heterocycles. The molecule has 12 heteroatoms. The summed E-state index contributed by atoms with van der Waals surface area (Å²) in [5.41, 5.74) is 2.86. The number of nitrogens with zero attached hydrogens (tertiary/aromatic N) is 3. The number of rotatable bonds is 9. The summed E-state index contributed by atoms with van der Waals surface area (Å²) >= 11 is 4.29. The van der Waals surface area contributed by atoms with E-state index in [2.05, 4.69) is 31.1 Å². The third-order valence-electron chi connectivity index (χ3n) is 6.35. The van der Waals surface area contributed by atoms with Gasteiger partial charge in [0.1, 0.15) is 13.2 Å². The highest BCUT2D eigenvalue weighted by molar-refractivity contribution is 9.10. The number of hydrogen-bond donors (Lipinski definition) is 1. The number of ether oxygens (including phenoxy) is 3. The Kier molecular flexibility index (Phi) is 9.22. The Balaban J connectivity index is 1.27. The molecule has 0 aliphatic carbocycles. The van der Waals surface area contributed by atoms with E-state index in [1.165, 1.54) is 7.11 Å². The molecular weight excluding hydrogens is 612 g/mol. The maximum atomic E-state index is 13.1. The SMILES string of the molecule is COc1cc(/C=C2/SC(=O)N(CC(=O)Nc3ccccc3N3CCOCC3)C2=O)cc(Br)c1OCc1ccccn1. The van der Waals surface area contributed by atoms with E-state index in [4.69, 9.17) is 14.2 Å². The second-order valence-electron chi connectivity index (χ2n) is 9.08. The molecule has 2 saturated heterocycles. The number of halogens is 1. The Morgan fingerprint density at radius 2 is 1.93 bits per heavy atom. The fraction of sp³-hybridized carbons (Fsp3) is 0.241. The van der Waals surface area contributed by atoms with Crippen LogP contribution in [0.15, 0.2) is 70.2 Å². The molecule has 0 saturated carbocycles. The summed E-state index contributed by atoms with van der Waals surface area (Å²) in [6, 6.07) is 16.5. The van der Waals surface area contributed by atoms with Gasteiger partial charge in [-0.15, -0.1) is 0 Å². The minimum atomic E-state index is -0.540. The minimum Gasteiger partial charge on any atom is -0.493 e. The maximum absolute atomic E-state index is 13.1. The molecule has 2 aromatic carbocycles. The first kappa shape index (κ1) is 28.7. The number of para-hydroxylation sites is 2. The molecular formula is C29H27BrN4O6S. The van der Waals surface area contributed by atoms with Crippen LogP contribution < -0.4 is 19.7 Å². The van der Waals surface area contributed by atoms with Crippen LogP contribution in [0.3, 0.4) is 0 Å². The molecule has 3 heterocycles. The highest BCUT2D eigenvalue weighted by Gasteiger charge is 2.36. The van der Waals surface area contributed by atoms with Crippen LogP contribution in [0.5, 0.6) is 11.5 Å². The van der Waals surface area contributed by atoms with E-state index in [-0.39, 0.29) is 11.5 Å². The molecule has 0 unspecified atom stereocenters. The molecule has 5 rings (SSSR count). The van der Waals surface area contributed by atoms with Crippen molar-refractivity contribution in [3.05, 3.63) is 81.4 Å². The van der Waals surface area contributed by atoms with Crippen LogP contribution in [0.25, 0.3) is 6.08 Å². The molecule has 41 heavy (non-hydrogen) atoms. The van der Waals surface area contributed by atoms with Crippen molar-refractivity contribution in [2.24, 2.45) is 0 Å². The summed E-state index contributed by atoms with van der Waals surface area (Å²) in [4.78, 5) is 46.3. The first-order chi connectivity index (χ1) is 19.9. The van der Waals surface area contributed by atoms with Crippen molar-refractivity contribution in [2.75, 3.05) is 50.2 Å². The Labute approximate surface area is 249 Å². The van der Waals surface area contributed by atoms with Gasteiger partial charge < -0.3 is 24.4 Å². The number of thioether (sulfide) groups is 1. The second-order valence-corrected chi connectivity index (χ2v) is 10.9. The number of anilines is 2. The van der Waals surface area contributed by atoms with Gasteiger partial charge in [-0.1, -0.05) is 18.2 Å². The van der Waals surface area contributed by atoms with E-state index in [9.17, 15) is 14.4 Å². The summed E-state index contributed by atoms with van der Waals surface area (Å²) in [5.74, 6) is -0.0770. The zero-order valence-corrected chi connectivity index (χ0v) is 24.6. The number of carbonyl (C=O) groups is 3. The van der Waals surface area contributed by atoms with Gasteiger partial charge in [-0.25, -0.2) is 0 Å². The van der Waals surface area contributed by atoms with E-state index in [0.717, 1.165) is 28.0 Å². The molecule has 0 radical (unpaired) electrons. The number of methoxy groups -OCH3 is 1. The van der Waals surface area contributed by atoms with Crippen LogP contribution in [0, 0.1) is 0 Å². The van der Waals surface area contributed by atoms with E-state index in [0.29, 0.717) is 53.5 Å². The topological polar surface area (TPSA) is 110 Å². The van der Waals surface area contributed by atoms with Gasteiger partial charge in [0.25, 0.3) is 11.1 Å². The third-order valence-corrected chi connectivity index (χ3v) is 7.84. The Morgan fingerprint density at radius 1 is 1.15 bits per heavy atom. The Hall–Kier alpha value is -3.87. The van der Waals surface area contributed by atoms with Gasteiger partial charge in [-0.3, -0.25) is 24.3 Å².